The summed E-state index contributed by atoms with van der Waals surface area (Å²) in [5.74, 6) is -0.132. The molecular weight excluding hydrogens is 234 g/mol. The number of thiophene rings is 1. The number of carboxylic acid groups (broad SMARTS) is 1. The van der Waals surface area contributed by atoms with E-state index in [4.69, 9.17) is 0 Å². The maximum atomic E-state index is 11.5. The van der Waals surface area contributed by atoms with Gasteiger partial charge in [0.2, 0.25) is 0 Å². The van der Waals surface area contributed by atoms with Gasteiger partial charge >= 0.3 is 5.97 Å². The van der Waals surface area contributed by atoms with E-state index in [0.29, 0.717) is 12.5 Å². The summed E-state index contributed by atoms with van der Waals surface area (Å²) in [4.78, 5) is 12.7. The number of carbonyl (C=O) groups is 1. The molecule has 0 bridgehead atoms. The van der Waals surface area contributed by atoms with Gasteiger partial charge in [-0.05, 0) is 36.6 Å². The Morgan fingerprint density at radius 2 is 2.53 bits per heavy atom. The quantitative estimate of drug-likeness (QED) is 0.848. The van der Waals surface area contributed by atoms with E-state index in [2.05, 4.69) is 12.2 Å². The zero-order valence-electron chi connectivity index (χ0n) is 10.1. The van der Waals surface area contributed by atoms with Gasteiger partial charge in [-0.25, -0.2) is 0 Å². The fraction of sp³-hybridized carbons (Fsp3) is 0.615. The maximum Gasteiger partial charge on any atom is 0.323 e. The Morgan fingerprint density at radius 3 is 3.06 bits per heavy atom. The molecule has 0 radical (unpaired) electrons. The topological polar surface area (TPSA) is 49.3 Å². The van der Waals surface area contributed by atoms with Gasteiger partial charge in [-0.2, -0.15) is 0 Å². The van der Waals surface area contributed by atoms with Crippen molar-refractivity contribution in [2.45, 2.75) is 44.7 Å². The highest BCUT2D eigenvalue weighted by Gasteiger charge is 2.44. The molecule has 1 fully saturated rings. The van der Waals surface area contributed by atoms with Gasteiger partial charge in [-0.15, -0.1) is 11.3 Å². The SMILES string of the molecule is CCC1CCC(NCc2cccs2)(C(=O)O)C1. The minimum absolute atomic E-state index is 0.557. The highest BCUT2D eigenvalue weighted by atomic mass is 32.1. The fourth-order valence-corrected chi connectivity index (χ4v) is 3.24. The summed E-state index contributed by atoms with van der Waals surface area (Å²) in [6, 6.07) is 4.04. The van der Waals surface area contributed by atoms with E-state index in [1.807, 2.05) is 17.5 Å². The van der Waals surface area contributed by atoms with Crippen LogP contribution in [0.2, 0.25) is 0 Å². The monoisotopic (exact) mass is 253 g/mol. The third-order valence-electron chi connectivity index (χ3n) is 3.78. The summed E-state index contributed by atoms with van der Waals surface area (Å²) in [6.07, 6.45) is 3.63. The van der Waals surface area contributed by atoms with Crippen molar-refractivity contribution in [2.24, 2.45) is 5.92 Å². The lowest BCUT2D eigenvalue weighted by Gasteiger charge is -2.25. The standard InChI is InChI=1S/C13H19NO2S/c1-2-10-5-6-13(8-10,12(15)16)14-9-11-4-3-7-17-11/h3-4,7,10,14H,2,5-6,8-9H2,1H3,(H,15,16). The first-order chi connectivity index (χ1) is 8.16. The van der Waals surface area contributed by atoms with Crippen molar-refractivity contribution < 1.29 is 9.90 Å². The van der Waals surface area contributed by atoms with E-state index in [1.165, 1.54) is 4.88 Å². The van der Waals surface area contributed by atoms with Crippen molar-refractivity contribution in [3.63, 3.8) is 0 Å². The van der Waals surface area contributed by atoms with Crippen LogP contribution in [0.15, 0.2) is 17.5 Å². The van der Waals surface area contributed by atoms with Crippen LogP contribution < -0.4 is 5.32 Å². The highest BCUT2D eigenvalue weighted by Crippen LogP contribution is 2.37. The van der Waals surface area contributed by atoms with Crippen molar-refractivity contribution in [2.75, 3.05) is 0 Å². The molecule has 1 aliphatic rings. The fourth-order valence-electron chi connectivity index (χ4n) is 2.60. The predicted octanol–water partition coefficient (Wildman–Crippen LogP) is 2.87. The van der Waals surface area contributed by atoms with Gasteiger partial charge in [-0.3, -0.25) is 10.1 Å². The van der Waals surface area contributed by atoms with E-state index in [9.17, 15) is 9.90 Å². The number of rotatable bonds is 5. The second kappa shape index (κ2) is 5.19. The van der Waals surface area contributed by atoms with Crippen LogP contribution in [0.3, 0.4) is 0 Å². The molecule has 3 nitrogen and oxygen atoms in total. The summed E-state index contributed by atoms with van der Waals surface area (Å²) in [5.41, 5.74) is -0.690. The molecule has 0 aliphatic heterocycles. The lowest BCUT2D eigenvalue weighted by molar-refractivity contribution is -0.144. The van der Waals surface area contributed by atoms with Crippen LogP contribution in [0.1, 0.15) is 37.5 Å². The van der Waals surface area contributed by atoms with Crippen molar-refractivity contribution in [1.82, 2.24) is 5.32 Å². The number of carboxylic acids is 1. The molecule has 0 aromatic carbocycles. The van der Waals surface area contributed by atoms with Crippen LogP contribution in [0, 0.1) is 5.92 Å². The molecule has 1 aromatic rings. The molecule has 0 saturated heterocycles. The Labute approximate surface area is 106 Å². The lowest BCUT2D eigenvalue weighted by atomic mass is 9.95. The van der Waals surface area contributed by atoms with Crippen LogP contribution in [0.5, 0.6) is 0 Å². The zero-order valence-corrected chi connectivity index (χ0v) is 10.9. The van der Waals surface area contributed by atoms with Gasteiger partial charge in [0.15, 0.2) is 0 Å². The number of aliphatic carboxylic acids is 1. The van der Waals surface area contributed by atoms with Crippen LogP contribution in [0.4, 0.5) is 0 Å². The predicted molar refractivity (Wildman–Crippen MR) is 69.2 cm³/mol. The van der Waals surface area contributed by atoms with E-state index in [1.54, 1.807) is 11.3 Å². The normalized spacial score (nSPS) is 28.4. The van der Waals surface area contributed by atoms with E-state index in [-0.39, 0.29) is 0 Å². The maximum absolute atomic E-state index is 11.5. The Hall–Kier alpha value is -0.870. The highest BCUT2D eigenvalue weighted by molar-refractivity contribution is 7.09. The van der Waals surface area contributed by atoms with E-state index in [0.717, 1.165) is 25.7 Å². The third kappa shape index (κ3) is 2.69. The average molecular weight is 253 g/mol. The van der Waals surface area contributed by atoms with Gasteiger partial charge in [0.05, 0.1) is 0 Å². The van der Waals surface area contributed by atoms with Crippen molar-refractivity contribution in [3.8, 4) is 0 Å². The minimum Gasteiger partial charge on any atom is -0.480 e. The smallest absolute Gasteiger partial charge is 0.323 e. The molecule has 1 aromatic heterocycles. The number of hydrogen-bond acceptors (Lipinski definition) is 3. The van der Waals surface area contributed by atoms with Crippen molar-refractivity contribution in [1.29, 1.82) is 0 Å². The van der Waals surface area contributed by atoms with E-state index >= 15 is 0 Å². The van der Waals surface area contributed by atoms with Crippen LogP contribution in [0.25, 0.3) is 0 Å². The number of hydrogen-bond donors (Lipinski definition) is 2. The van der Waals surface area contributed by atoms with E-state index < -0.39 is 11.5 Å². The lowest BCUT2D eigenvalue weighted by Crippen LogP contribution is -2.49. The first-order valence-corrected chi connectivity index (χ1v) is 7.05. The van der Waals surface area contributed by atoms with Crippen LogP contribution >= 0.6 is 11.3 Å². The zero-order chi connectivity index (χ0) is 12.3. The molecule has 17 heavy (non-hydrogen) atoms. The third-order valence-corrected chi connectivity index (χ3v) is 4.66. The molecule has 2 atom stereocenters. The van der Waals surface area contributed by atoms with Crippen molar-refractivity contribution in [3.05, 3.63) is 22.4 Å². The van der Waals surface area contributed by atoms with Crippen LogP contribution in [-0.4, -0.2) is 16.6 Å². The number of nitrogens with one attached hydrogen (secondary N) is 1. The second-order valence-corrected chi connectivity index (χ2v) is 5.87. The molecule has 2 rings (SSSR count). The summed E-state index contributed by atoms with van der Waals surface area (Å²) in [5, 5.41) is 14.7. The molecule has 0 amide bonds. The first-order valence-electron chi connectivity index (χ1n) is 6.17. The molecular formula is C13H19NO2S. The molecule has 94 valence electrons. The Morgan fingerprint density at radius 1 is 1.71 bits per heavy atom. The average Bonchev–Trinajstić information content (AvgIpc) is 2.96. The molecule has 2 unspecified atom stereocenters. The van der Waals surface area contributed by atoms with Gasteiger partial charge in [0.1, 0.15) is 5.54 Å². The van der Waals surface area contributed by atoms with Crippen LogP contribution in [-0.2, 0) is 11.3 Å². The molecule has 1 heterocycles. The molecule has 0 spiro atoms. The summed E-state index contributed by atoms with van der Waals surface area (Å²) in [7, 11) is 0. The van der Waals surface area contributed by atoms with Gasteiger partial charge in [0, 0.05) is 11.4 Å². The molecule has 1 aliphatic carbocycles. The summed E-state index contributed by atoms with van der Waals surface area (Å²) >= 11 is 1.67. The second-order valence-electron chi connectivity index (χ2n) is 4.84. The van der Waals surface area contributed by atoms with Gasteiger partial charge in [0.25, 0.3) is 0 Å². The van der Waals surface area contributed by atoms with Crippen molar-refractivity contribution >= 4 is 17.3 Å². The molecule has 4 heteroatoms. The molecule has 1 saturated carbocycles. The van der Waals surface area contributed by atoms with Gasteiger partial charge in [-0.1, -0.05) is 19.4 Å². The molecule has 2 N–H and O–H groups in total. The largest absolute Gasteiger partial charge is 0.480 e. The Balaban J connectivity index is 2.01. The Kier molecular flexibility index (Phi) is 3.84. The summed E-state index contributed by atoms with van der Waals surface area (Å²) in [6.45, 7) is 2.81. The first kappa shape index (κ1) is 12.6. The van der Waals surface area contributed by atoms with Gasteiger partial charge < -0.3 is 5.11 Å². The minimum atomic E-state index is -0.690. The Bertz CT molecular complexity index is 377. The summed E-state index contributed by atoms with van der Waals surface area (Å²) < 4.78 is 0.